The number of hydrogen-bond donors (Lipinski definition) is 2. The maximum absolute atomic E-state index is 10.8. The Morgan fingerprint density at radius 3 is 2.38 bits per heavy atom. The van der Waals surface area contributed by atoms with Gasteiger partial charge in [0, 0.05) is 6.04 Å². The molecule has 1 amide bonds. The zero-order chi connectivity index (χ0) is 15.7. The molecule has 1 unspecified atom stereocenters. The average molecular weight is 294 g/mol. The molecule has 0 radical (unpaired) electrons. The number of carbonyl (C=O) groups excluding carboxylic acids is 1. The second-order valence-electron chi connectivity index (χ2n) is 4.97. The molecule has 1 atom stereocenters. The lowest BCUT2D eigenvalue weighted by Crippen LogP contribution is -2.30. The van der Waals surface area contributed by atoms with E-state index in [0.29, 0.717) is 13.2 Å². The average Bonchev–Trinajstić information content (AvgIpc) is 2.48. The van der Waals surface area contributed by atoms with Crippen LogP contribution in [0.5, 0.6) is 11.5 Å². The van der Waals surface area contributed by atoms with Crippen LogP contribution in [-0.4, -0.2) is 25.7 Å². The van der Waals surface area contributed by atoms with Gasteiger partial charge in [-0.1, -0.05) is 19.9 Å². The molecule has 21 heavy (non-hydrogen) atoms. The van der Waals surface area contributed by atoms with Gasteiger partial charge < -0.3 is 20.5 Å². The summed E-state index contributed by atoms with van der Waals surface area (Å²) < 4.78 is 11.5. The largest absolute Gasteiger partial charge is 0.490 e. The number of benzene rings is 1. The monoisotopic (exact) mass is 294 g/mol. The zero-order valence-electron chi connectivity index (χ0n) is 13.1. The molecule has 0 saturated heterocycles. The van der Waals surface area contributed by atoms with E-state index in [-0.39, 0.29) is 18.5 Å². The highest BCUT2D eigenvalue weighted by Gasteiger charge is 2.11. The molecule has 0 heterocycles. The van der Waals surface area contributed by atoms with Gasteiger partial charge in [-0.15, -0.1) is 0 Å². The Bertz CT molecular complexity index is 449. The summed E-state index contributed by atoms with van der Waals surface area (Å²) in [6.45, 7) is 7.57. The summed E-state index contributed by atoms with van der Waals surface area (Å²) in [4.78, 5) is 10.8. The fourth-order valence-corrected chi connectivity index (χ4v) is 1.82. The van der Waals surface area contributed by atoms with E-state index in [1.165, 1.54) is 0 Å². The van der Waals surface area contributed by atoms with Gasteiger partial charge in [-0.05, 0) is 37.5 Å². The summed E-state index contributed by atoms with van der Waals surface area (Å²) in [7, 11) is 0. The Labute approximate surface area is 126 Å². The Kier molecular flexibility index (Phi) is 7.61. The van der Waals surface area contributed by atoms with Gasteiger partial charge in [0.25, 0.3) is 0 Å². The highest BCUT2D eigenvalue weighted by molar-refractivity contribution is 5.75. The van der Waals surface area contributed by atoms with Gasteiger partial charge in [0.1, 0.15) is 0 Å². The van der Waals surface area contributed by atoms with Crippen LogP contribution in [0.25, 0.3) is 0 Å². The molecule has 3 N–H and O–H groups in total. The van der Waals surface area contributed by atoms with Crippen LogP contribution in [0, 0.1) is 0 Å². The first kappa shape index (κ1) is 17.3. The zero-order valence-corrected chi connectivity index (χ0v) is 13.1. The molecule has 1 aromatic rings. The maximum Gasteiger partial charge on any atom is 0.231 e. The van der Waals surface area contributed by atoms with E-state index in [1.54, 1.807) is 0 Å². The number of carbonyl (C=O) groups is 1. The smallest absolute Gasteiger partial charge is 0.231 e. The summed E-state index contributed by atoms with van der Waals surface area (Å²) in [6, 6.07) is 5.86. The molecule has 5 nitrogen and oxygen atoms in total. The quantitative estimate of drug-likeness (QED) is 0.695. The highest BCUT2D eigenvalue weighted by Crippen LogP contribution is 2.31. The van der Waals surface area contributed by atoms with Crippen molar-refractivity contribution in [2.75, 3.05) is 19.8 Å². The molecule has 118 valence electrons. The van der Waals surface area contributed by atoms with Crippen molar-refractivity contribution in [3.63, 3.8) is 0 Å². The summed E-state index contributed by atoms with van der Waals surface area (Å²) in [5, 5.41) is 3.07. The van der Waals surface area contributed by atoms with Crippen LogP contribution in [0.4, 0.5) is 0 Å². The first-order valence-corrected chi connectivity index (χ1v) is 7.49. The van der Waals surface area contributed by atoms with Crippen molar-refractivity contribution in [2.24, 2.45) is 5.73 Å². The van der Waals surface area contributed by atoms with Gasteiger partial charge in [0.15, 0.2) is 11.5 Å². The summed E-state index contributed by atoms with van der Waals surface area (Å²) in [5.74, 6) is 1.14. The molecular weight excluding hydrogens is 268 g/mol. The number of rotatable bonds is 10. The Balaban J connectivity index is 2.83. The minimum absolute atomic E-state index is 0.0155. The second kappa shape index (κ2) is 9.23. The molecule has 0 saturated carbocycles. The van der Waals surface area contributed by atoms with Crippen molar-refractivity contribution < 1.29 is 14.3 Å². The number of nitrogens with two attached hydrogens (primary N) is 1. The SMILES string of the molecule is CCCOc1ccc(C(C)NCC(N)=O)cc1OCCC. The Morgan fingerprint density at radius 1 is 1.19 bits per heavy atom. The molecule has 0 spiro atoms. The lowest BCUT2D eigenvalue weighted by Gasteiger charge is -2.17. The molecule has 0 bridgehead atoms. The van der Waals surface area contributed by atoms with Crippen molar-refractivity contribution in [3.8, 4) is 11.5 Å². The van der Waals surface area contributed by atoms with Crippen LogP contribution in [0.2, 0.25) is 0 Å². The Morgan fingerprint density at radius 2 is 1.81 bits per heavy atom. The lowest BCUT2D eigenvalue weighted by molar-refractivity contribution is -0.117. The molecular formula is C16H26N2O3. The molecule has 5 heteroatoms. The Hall–Kier alpha value is -1.75. The molecule has 0 aromatic heterocycles. The van der Waals surface area contributed by atoms with Crippen molar-refractivity contribution in [2.45, 2.75) is 39.7 Å². The predicted molar refractivity (Wildman–Crippen MR) is 83.6 cm³/mol. The number of hydrogen-bond acceptors (Lipinski definition) is 4. The predicted octanol–water partition coefficient (Wildman–Crippen LogP) is 2.40. The van der Waals surface area contributed by atoms with Gasteiger partial charge in [-0.2, -0.15) is 0 Å². The van der Waals surface area contributed by atoms with Crippen molar-refractivity contribution in [1.82, 2.24) is 5.32 Å². The third-order valence-electron chi connectivity index (χ3n) is 2.97. The normalized spacial score (nSPS) is 12.0. The topological polar surface area (TPSA) is 73.6 Å². The third-order valence-corrected chi connectivity index (χ3v) is 2.97. The van der Waals surface area contributed by atoms with Crippen molar-refractivity contribution >= 4 is 5.91 Å². The minimum Gasteiger partial charge on any atom is -0.490 e. The van der Waals surface area contributed by atoms with Crippen LogP contribution in [-0.2, 0) is 4.79 Å². The van der Waals surface area contributed by atoms with Gasteiger partial charge in [0.2, 0.25) is 5.91 Å². The van der Waals surface area contributed by atoms with E-state index in [1.807, 2.05) is 25.1 Å². The van der Waals surface area contributed by atoms with Gasteiger partial charge in [-0.3, -0.25) is 4.79 Å². The van der Waals surface area contributed by atoms with E-state index in [0.717, 1.165) is 29.9 Å². The maximum atomic E-state index is 10.8. The van der Waals surface area contributed by atoms with Crippen molar-refractivity contribution in [3.05, 3.63) is 23.8 Å². The van der Waals surface area contributed by atoms with E-state index < -0.39 is 0 Å². The first-order chi connectivity index (χ1) is 10.1. The van der Waals surface area contributed by atoms with Crippen LogP contribution >= 0.6 is 0 Å². The molecule has 1 aromatic carbocycles. The lowest BCUT2D eigenvalue weighted by atomic mass is 10.1. The summed E-state index contributed by atoms with van der Waals surface area (Å²) >= 11 is 0. The molecule has 0 aliphatic rings. The van der Waals surface area contributed by atoms with E-state index >= 15 is 0 Å². The minimum atomic E-state index is -0.368. The highest BCUT2D eigenvalue weighted by atomic mass is 16.5. The first-order valence-electron chi connectivity index (χ1n) is 7.49. The van der Waals surface area contributed by atoms with E-state index in [9.17, 15) is 4.79 Å². The number of amides is 1. The number of primary amides is 1. The van der Waals surface area contributed by atoms with Gasteiger partial charge >= 0.3 is 0 Å². The van der Waals surface area contributed by atoms with Crippen LogP contribution in [0.3, 0.4) is 0 Å². The van der Waals surface area contributed by atoms with Crippen LogP contribution in [0.15, 0.2) is 18.2 Å². The van der Waals surface area contributed by atoms with E-state index in [2.05, 4.69) is 19.2 Å². The van der Waals surface area contributed by atoms with Crippen molar-refractivity contribution in [1.29, 1.82) is 0 Å². The molecule has 1 rings (SSSR count). The standard InChI is InChI=1S/C16H26N2O3/c1-4-8-20-14-7-6-13(10-15(14)21-9-5-2)12(3)18-11-16(17)19/h6-7,10,12,18H,4-5,8-9,11H2,1-3H3,(H2,17,19). The molecule has 0 aliphatic carbocycles. The summed E-state index contributed by atoms with van der Waals surface area (Å²) in [5.41, 5.74) is 6.18. The molecule has 0 fully saturated rings. The fraction of sp³-hybridized carbons (Fsp3) is 0.562. The summed E-state index contributed by atoms with van der Waals surface area (Å²) in [6.07, 6.45) is 1.89. The number of nitrogens with one attached hydrogen (secondary N) is 1. The fourth-order valence-electron chi connectivity index (χ4n) is 1.82. The van der Waals surface area contributed by atoms with Gasteiger partial charge in [0.05, 0.1) is 19.8 Å². The van der Waals surface area contributed by atoms with Crippen LogP contribution in [0.1, 0.15) is 45.2 Å². The molecule has 0 aliphatic heterocycles. The van der Waals surface area contributed by atoms with E-state index in [4.69, 9.17) is 15.2 Å². The van der Waals surface area contributed by atoms with Crippen LogP contribution < -0.4 is 20.5 Å². The number of ether oxygens (including phenoxy) is 2. The second-order valence-corrected chi connectivity index (χ2v) is 4.97. The van der Waals surface area contributed by atoms with Gasteiger partial charge in [-0.25, -0.2) is 0 Å². The third kappa shape index (κ3) is 6.04.